The molecule has 6 heteroatoms. The minimum absolute atomic E-state index is 0.449. The molecule has 96 valence electrons. The Morgan fingerprint density at radius 1 is 1.26 bits per heavy atom. The molecule has 1 aromatic carbocycles. The maximum atomic E-state index is 6.00. The van der Waals surface area contributed by atoms with Gasteiger partial charge in [0, 0.05) is 11.6 Å². The number of benzene rings is 1. The van der Waals surface area contributed by atoms with E-state index in [1.165, 1.54) is 0 Å². The SMILES string of the molecule is COc1ccc2nc(-c3cnc(C)s3)nc(N)c2c1. The fraction of sp³-hybridized carbons (Fsp3) is 0.154. The van der Waals surface area contributed by atoms with Gasteiger partial charge in [0.2, 0.25) is 0 Å². The van der Waals surface area contributed by atoms with Crippen LogP contribution in [0.5, 0.6) is 5.75 Å². The Bertz CT molecular complexity index is 753. The highest BCUT2D eigenvalue weighted by Crippen LogP contribution is 2.28. The number of methoxy groups -OCH3 is 1. The van der Waals surface area contributed by atoms with Crippen LogP contribution in [0.2, 0.25) is 0 Å². The highest BCUT2D eigenvalue weighted by molar-refractivity contribution is 7.14. The minimum atomic E-state index is 0.449. The van der Waals surface area contributed by atoms with Crippen molar-refractivity contribution >= 4 is 28.1 Å². The Labute approximate surface area is 114 Å². The van der Waals surface area contributed by atoms with Crippen LogP contribution < -0.4 is 10.5 Å². The number of aromatic nitrogens is 3. The quantitative estimate of drug-likeness (QED) is 0.776. The van der Waals surface area contributed by atoms with Crippen molar-refractivity contribution in [2.75, 3.05) is 12.8 Å². The van der Waals surface area contributed by atoms with E-state index in [1.807, 2.05) is 25.1 Å². The van der Waals surface area contributed by atoms with Gasteiger partial charge in [-0.15, -0.1) is 11.3 Å². The fourth-order valence-corrected chi connectivity index (χ4v) is 2.54. The molecule has 19 heavy (non-hydrogen) atoms. The molecule has 0 atom stereocenters. The van der Waals surface area contributed by atoms with Gasteiger partial charge in [0.1, 0.15) is 11.6 Å². The first kappa shape index (κ1) is 11.9. The van der Waals surface area contributed by atoms with Gasteiger partial charge in [0.05, 0.1) is 22.5 Å². The predicted octanol–water partition coefficient (Wildman–Crippen LogP) is 2.65. The van der Waals surface area contributed by atoms with Gasteiger partial charge >= 0.3 is 0 Å². The smallest absolute Gasteiger partial charge is 0.173 e. The highest BCUT2D eigenvalue weighted by Gasteiger charge is 2.10. The molecule has 2 N–H and O–H groups in total. The van der Waals surface area contributed by atoms with Crippen LogP contribution in [-0.4, -0.2) is 22.1 Å². The van der Waals surface area contributed by atoms with E-state index in [0.717, 1.165) is 26.5 Å². The summed E-state index contributed by atoms with van der Waals surface area (Å²) in [6.07, 6.45) is 1.77. The van der Waals surface area contributed by atoms with Gasteiger partial charge in [-0.3, -0.25) is 0 Å². The van der Waals surface area contributed by atoms with E-state index in [0.29, 0.717) is 11.6 Å². The monoisotopic (exact) mass is 272 g/mol. The molecule has 2 heterocycles. The number of anilines is 1. The standard InChI is InChI=1S/C13H12N4OS/c1-7-15-6-11(19-7)13-16-10-4-3-8(18-2)5-9(10)12(14)17-13/h3-6H,1-2H3,(H2,14,16,17). The second-order valence-electron chi connectivity index (χ2n) is 4.06. The van der Waals surface area contributed by atoms with Crippen LogP contribution in [0.1, 0.15) is 5.01 Å². The number of hydrogen-bond acceptors (Lipinski definition) is 6. The summed E-state index contributed by atoms with van der Waals surface area (Å²) in [4.78, 5) is 14.0. The van der Waals surface area contributed by atoms with Gasteiger partial charge in [0.15, 0.2) is 5.82 Å². The zero-order valence-electron chi connectivity index (χ0n) is 10.5. The topological polar surface area (TPSA) is 73.9 Å². The number of nitrogens with two attached hydrogens (primary N) is 1. The molecule has 0 amide bonds. The van der Waals surface area contributed by atoms with Crippen molar-refractivity contribution in [1.82, 2.24) is 15.0 Å². The number of nitrogen functional groups attached to an aromatic ring is 1. The molecule has 0 aliphatic heterocycles. The van der Waals surface area contributed by atoms with Crippen LogP contribution in [0.4, 0.5) is 5.82 Å². The molecule has 0 fully saturated rings. The van der Waals surface area contributed by atoms with Crippen molar-refractivity contribution in [2.45, 2.75) is 6.92 Å². The van der Waals surface area contributed by atoms with Crippen molar-refractivity contribution in [3.63, 3.8) is 0 Å². The van der Waals surface area contributed by atoms with Gasteiger partial charge < -0.3 is 10.5 Å². The Morgan fingerprint density at radius 2 is 2.11 bits per heavy atom. The minimum Gasteiger partial charge on any atom is -0.497 e. The maximum absolute atomic E-state index is 6.00. The van der Waals surface area contributed by atoms with Crippen molar-refractivity contribution in [3.05, 3.63) is 29.4 Å². The average molecular weight is 272 g/mol. The van der Waals surface area contributed by atoms with Crippen LogP contribution in [0, 0.1) is 6.92 Å². The second kappa shape index (κ2) is 4.47. The molecule has 0 saturated carbocycles. The Morgan fingerprint density at radius 3 is 2.79 bits per heavy atom. The molecule has 0 radical (unpaired) electrons. The van der Waals surface area contributed by atoms with Gasteiger partial charge in [-0.25, -0.2) is 15.0 Å². The third-order valence-electron chi connectivity index (χ3n) is 2.77. The van der Waals surface area contributed by atoms with Crippen LogP contribution >= 0.6 is 11.3 Å². The first-order chi connectivity index (χ1) is 9.17. The van der Waals surface area contributed by atoms with E-state index >= 15 is 0 Å². The summed E-state index contributed by atoms with van der Waals surface area (Å²) < 4.78 is 5.18. The molecule has 2 aromatic heterocycles. The van der Waals surface area contributed by atoms with E-state index in [-0.39, 0.29) is 0 Å². The zero-order chi connectivity index (χ0) is 13.4. The normalized spacial score (nSPS) is 10.8. The summed E-state index contributed by atoms with van der Waals surface area (Å²) in [6, 6.07) is 5.58. The summed E-state index contributed by atoms with van der Waals surface area (Å²) in [5, 5.41) is 1.77. The second-order valence-corrected chi connectivity index (χ2v) is 5.29. The average Bonchev–Trinajstić information content (AvgIpc) is 2.85. The molecule has 0 aliphatic rings. The maximum Gasteiger partial charge on any atom is 0.173 e. The van der Waals surface area contributed by atoms with Crippen molar-refractivity contribution in [2.24, 2.45) is 0 Å². The number of nitrogens with zero attached hydrogens (tertiary/aromatic N) is 3. The zero-order valence-corrected chi connectivity index (χ0v) is 11.4. The number of ether oxygens (including phenoxy) is 1. The van der Waals surface area contributed by atoms with Gasteiger partial charge in [-0.05, 0) is 25.1 Å². The number of rotatable bonds is 2. The summed E-state index contributed by atoms with van der Waals surface area (Å²) in [6.45, 7) is 1.95. The van der Waals surface area contributed by atoms with E-state index < -0.39 is 0 Å². The van der Waals surface area contributed by atoms with E-state index in [2.05, 4.69) is 15.0 Å². The molecule has 5 nitrogen and oxygen atoms in total. The van der Waals surface area contributed by atoms with Crippen molar-refractivity contribution in [1.29, 1.82) is 0 Å². The molecule has 0 bridgehead atoms. The van der Waals surface area contributed by atoms with Crippen LogP contribution in [0.15, 0.2) is 24.4 Å². The third-order valence-corrected chi connectivity index (χ3v) is 3.68. The molecule has 0 aliphatic carbocycles. The number of aryl methyl sites for hydroxylation is 1. The van der Waals surface area contributed by atoms with E-state index in [1.54, 1.807) is 24.6 Å². The van der Waals surface area contributed by atoms with E-state index in [9.17, 15) is 0 Å². The van der Waals surface area contributed by atoms with Gasteiger partial charge in [0.25, 0.3) is 0 Å². The summed E-state index contributed by atoms with van der Waals surface area (Å²) >= 11 is 1.55. The molecular weight excluding hydrogens is 260 g/mol. The summed E-state index contributed by atoms with van der Waals surface area (Å²) in [5.74, 6) is 1.80. The first-order valence-corrected chi connectivity index (χ1v) is 6.53. The Kier molecular flexibility index (Phi) is 2.79. The van der Waals surface area contributed by atoms with Gasteiger partial charge in [-0.1, -0.05) is 0 Å². The molecule has 3 aromatic rings. The number of thiazole rings is 1. The highest BCUT2D eigenvalue weighted by atomic mass is 32.1. The molecular formula is C13H12N4OS. The molecule has 0 saturated heterocycles. The number of fused-ring (bicyclic) bond motifs is 1. The lowest BCUT2D eigenvalue weighted by Crippen LogP contribution is -1.97. The van der Waals surface area contributed by atoms with Crippen molar-refractivity contribution < 1.29 is 4.74 Å². The van der Waals surface area contributed by atoms with Crippen molar-refractivity contribution in [3.8, 4) is 16.5 Å². The Hall–Kier alpha value is -2.21. The number of hydrogen-bond donors (Lipinski definition) is 1. The van der Waals surface area contributed by atoms with Crippen LogP contribution in [-0.2, 0) is 0 Å². The predicted molar refractivity (Wildman–Crippen MR) is 76.3 cm³/mol. The van der Waals surface area contributed by atoms with E-state index in [4.69, 9.17) is 10.5 Å². The Balaban J connectivity index is 2.19. The molecule has 0 spiro atoms. The first-order valence-electron chi connectivity index (χ1n) is 5.71. The fourth-order valence-electron chi connectivity index (χ4n) is 1.83. The lowest BCUT2D eigenvalue weighted by atomic mass is 10.2. The third kappa shape index (κ3) is 2.10. The molecule has 3 rings (SSSR count). The van der Waals surface area contributed by atoms with Gasteiger partial charge in [-0.2, -0.15) is 0 Å². The largest absolute Gasteiger partial charge is 0.497 e. The van der Waals surface area contributed by atoms with Crippen LogP contribution in [0.25, 0.3) is 21.6 Å². The lowest BCUT2D eigenvalue weighted by Gasteiger charge is -2.05. The molecule has 0 unspecified atom stereocenters. The summed E-state index contributed by atoms with van der Waals surface area (Å²) in [7, 11) is 1.62. The lowest BCUT2D eigenvalue weighted by molar-refractivity contribution is 0.415. The summed E-state index contributed by atoms with van der Waals surface area (Å²) in [5.41, 5.74) is 6.80. The van der Waals surface area contributed by atoms with Crippen LogP contribution in [0.3, 0.4) is 0 Å².